The molecule has 1 aromatic heterocycles. The van der Waals surface area contributed by atoms with Crippen LogP contribution >= 0.6 is 0 Å². The zero-order valence-electron chi connectivity index (χ0n) is 16.7. The molecule has 0 spiro atoms. The molecular formula is C24H23NO5. The van der Waals surface area contributed by atoms with Crippen molar-refractivity contribution in [1.82, 2.24) is 0 Å². The van der Waals surface area contributed by atoms with Gasteiger partial charge in [-0.1, -0.05) is 37.6 Å². The van der Waals surface area contributed by atoms with E-state index in [1.165, 1.54) is 24.0 Å². The first-order chi connectivity index (χ1) is 14.6. The molecule has 6 nitrogen and oxygen atoms in total. The van der Waals surface area contributed by atoms with Crippen molar-refractivity contribution in [3.8, 4) is 0 Å². The van der Waals surface area contributed by atoms with Crippen molar-refractivity contribution in [2.75, 3.05) is 11.9 Å². The number of ether oxygens (including phenoxy) is 1. The summed E-state index contributed by atoms with van der Waals surface area (Å²) in [5, 5.41) is 2.66. The van der Waals surface area contributed by atoms with Crippen molar-refractivity contribution >= 4 is 23.3 Å². The fraction of sp³-hybridized carbons (Fsp3) is 0.208. The van der Waals surface area contributed by atoms with Crippen molar-refractivity contribution in [2.24, 2.45) is 0 Å². The number of anilines is 1. The van der Waals surface area contributed by atoms with E-state index in [4.69, 9.17) is 9.15 Å². The minimum absolute atomic E-state index is 0.190. The third-order valence-electron chi connectivity index (χ3n) is 4.55. The maximum atomic E-state index is 12.3. The van der Waals surface area contributed by atoms with E-state index in [1.807, 2.05) is 12.1 Å². The maximum absolute atomic E-state index is 12.3. The van der Waals surface area contributed by atoms with Crippen molar-refractivity contribution in [3.05, 3.63) is 89.4 Å². The van der Waals surface area contributed by atoms with Crippen LogP contribution in [0.15, 0.2) is 71.3 Å². The normalized spacial score (nSPS) is 10.4. The molecule has 0 radical (unpaired) electrons. The second kappa shape index (κ2) is 10.2. The Kier molecular flexibility index (Phi) is 7.16. The molecule has 1 amide bonds. The molecule has 0 bridgehead atoms. The second-order valence-corrected chi connectivity index (χ2v) is 6.81. The van der Waals surface area contributed by atoms with Crippen LogP contribution in [0.25, 0.3) is 0 Å². The summed E-state index contributed by atoms with van der Waals surface area (Å²) in [6.07, 6.45) is 4.62. The van der Waals surface area contributed by atoms with Gasteiger partial charge in [0.05, 0.1) is 11.8 Å². The molecule has 0 aliphatic carbocycles. The van der Waals surface area contributed by atoms with Gasteiger partial charge in [0.25, 0.3) is 5.91 Å². The number of benzene rings is 2. The van der Waals surface area contributed by atoms with E-state index >= 15 is 0 Å². The van der Waals surface area contributed by atoms with Crippen LogP contribution < -0.4 is 5.32 Å². The molecule has 2 aromatic carbocycles. The summed E-state index contributed by atoms with van der Waals surface area (Å²) in [5.74, 6) is -1.06. The van der Waals surface area contributed by atoms with Gasteiger partial charge in [-0.15, -0.1) is 0 Å². The SMILES string of the molecule is CCCCc1ccc(C(=O)COC(=O)c2ccc(NC(=O)c3ccco3)cc2)cc1. The Bertz CT molecular complexity index is 989. The lowest BCUT2D eigenvalue weighted by atomic mass is 10.0. The third-order valence-corrected chi connectivity index (χ3v) is 4.55. The number of nitrogens with one attached hydrogen (secondary N) is 1. The highest BCUT2D eigenvalue weighted by atomic mass is 16.5. The van der Waals surface area contributed by atoms with Gasteiger partial charge in [-0.25, -0.2) is 4.79 Å². The number of unbranched alkanes of at least 4 members (excludes halogenated alkanes) is 1. The summed E-state index contributed by atoms with van der Waals surface area (Å²) in [5.41, 5.74) is 2.49. The standard InChI is InChI=1S/C24H23NO5/c1-2-3-5-17-7-9-18(10-8-17)21(26)16-30-24(28)19-11-13-20(14-12-19)25-23(27)22-6-4-15-29-22/h4,6-15H,2-3,5,16H2,1H3,(H,25,27). The van der Waals surface area contributed by atoms with Crippen LogP contribution in [0.1, 0.15) is 56.6 Å². The van der Waals surface area contributed by atoms with Gasteiger partial charge < -0.3 is 14.5 Å². The Hall–Kier alpha value is -3.67. The van der Waals surface area contributed by atoms with E-state index in [9.17, 15) is 14.4 Å². The summed E-state index contributed by atoms with van der Waals surface area (Å²) >= 11 is 0. The minimum Gasteiger partial charge on any atom is -0.459 e. The minimum atomic E-state index is -0.605. The number of amides is 1. The molecule has 1 N–H and O–H groups in total. The Morgan fingerprint density at radius 2 is 1.63 bits per heavy atom. The fourth-order valence-corrected chi connectivity index (χ4v) is 2.83. The summed E-state index contributed by atoms with van der Waals surface area (Å²) < 4.78 is 10.2. The van der Waals surface area contributed by atoms with Gasteiger partial charge in [0.1, 0.15) is 0 Å². The van der Waals surface area contributed by atoms with Crippen LogP contribution in [0.3, 0.4) is 0 Å². The van der Waals surface area contributed by atoms with Crippen molar-refractivity contribution in [3.63, 3.8) is 0 Å². The summed E-state index contributed by atoms with van der Waals surface area (Å²) in [4.78, 5) is 36.4. The molecule has 0 unspecified atom stereocenters. The number of rotatable bonds is 9. The highest BCUT2D eigenvalue weighted by Crippen LogP contribution is 2.13. The number of Topliss-reactive ketones (excluding diaryl/α,β-unsaturated/α-hetero) is 1. The fourth-order valence-electron chi connectivity index (χ4n) is 2.83. The van der Waals surface area contributed by atoms with Gasteiger partial charge >= 0.3 is 5.97 Å². The van der Waals surface area contributed by atoms with Gasteiger partial charge in [0.15, 0.2) is 18.2 Å². The number of hydrogen-bond donors (Lipinski definition) is 1. The van der Waals surface area contributed by atoms with E-state index in [1.54, 1.807) is 36.4 Å². The lowest BCUT2D eigenvalue weighted by Gasteiger charge is -2.07. The predicted octanol–water partition coefficient (Wildman–Crippen LogP) is 4.91. The number of aryl methyl sites for hydroxylation is 1. The Morgan fingerprint density at radius 1 is 0.933 bits per heavy atom. The molecule has 154 valence electrons. The van der Waals surface area contributed by atoms with Crippen LogP contribution in [-0.2, 0) is 11.2 Å². The van der Waals surface area contributed by atoms with Gasteiger partial charge in [-0.2, -0.15) is 0 Å². The second-order valence-electron chi connectivity index (χ2n) is 6.81. The average Bonchev–Trinajstić information content (AvgIpc) is 3.32. The van der Waals surface area contributed by atoms with Gasteiger partial charge in [0, 0.05) is 11.3 Å². The van der Waals surface area contributed by atoms with Crippen molar-refractivity contribution < 1.29 is 23.5 Å². The first-order valence-electron chi connectivity index (χ1n) is 9.81. The topological polar surface area (TPSA) is 85.6 Å². The Labute approximate surface area is 174 Å². The van der Waals surface area contributed by atoms with E-state index < -0.39 is 5.97 Å². The van der Waals surface area contributed by atoms with Crippen LogP contribution in [0.5, 0.6) is 0 Å². The number of carbonyl (C=O) groups is 3. The number of esters is 1. The van der Waals surface area contributed by atoms with Crippen LogP contribution in [0.2, 0.25) is 0 Å². The molecule has 3 rings (SSSR count). The average molecular weight is 405 g/mol. The highest BCUT2D eigenvalue weighted by molar-refractivity contribution is 6.02. The number of hydrogen-bond acceptors (Lipinski definition) is 5. The molecule has 0 saturated carbocycles. The van der Waals surface area contributed by atoms with Gasteiger partial charge in [-0.3, -0.25) is 9.59 Å². The van der Waals surface area contributed by atoms with Crippen molar-refractivity contribution in [1.29, 1.82) is 0 Å². The third kappa shape index (κ3) is 5.67. The monoisotopic (exact) mass is 405 g/mol. The highest BCUT2D eigenvalue weighted by Gasteiger charge is 2.13. The molecule has 0 fully saturated rings. The molecule has 0 aliphatic heterocycles. The van der Waals surface area contributed by atoms with Crippen molar-refractivity contribution in [2.45, 2.75) is 26.2 Å². The quantitative estimate of drug-likeness (QED) is 0.404. The number of ketones is 1. The molecule has 1 heterocycles. The molecule has 3 aromatic rings. The van der Waals surface area contributed by atoms with Crippen LogP contribution in [-0.4, -0.2) is 24.3 Å². The van der Waals surface area contributed by atoms with E-state index in [-0.39, 0.29) is 29.6 Å². The lowest BCUT2D eigenvalue weighted by Crippen LogP contribution is -2.14. The van der Waals surface area contributed by atoms with E-state index in [2.05, 4.69) is 12.2 Å². The summed E-state index contributed by atoms with van der Waals surface area (Å²) in [7, 11) is 0. The molecule has 0 atom stereocenters. The van der Waals surface area contributed by atoms with Crippen LogP contribution in [0, 0.1) is 0 Å². The first kappa shape index (κ1) is 21.0. The first-order valence-corrected chi connectivity index (χ1v) is 9.81. The van der Waals surface area contributed by atoms with Gasteiger partial charge in [0.2, 0.25) is 0 Å². The molecule has 6 heteroatoms. The maximum Gasteiger partial charge on any atom is 0.338 e. The Balaban J connectivity index is 1.50. The largest absolute Gasteiger partial charge is 0.459 e. The lowest BCUT2D eigenvalue weighted by molar-refractivity contribution is 0.0475. The van der Waals surface area contributed by atoms with E-state index in [0.29, 0.717) is 11.3 Å². The molecule has 30 heavy (non-hydrogen) atoms. The summed E-state index contributed by atoms with van der Waals surface area (Å²) in [6, 6.07) is 16.8. The molecule has 0 saturated heterocycles. The smallest absolute Gasteiger partial charge is 0.338 e. The zero-order valence-corrected chi connectivity index (χ0v) is 16.7. The zero-order chi connectivity index (χ0) is 21.3. The Morgan fingerprint density at radius 3 is 2.27 bits per heavy atom. The van der Waals surface area contributed by atoms with Crippen LogP contribution in [0.4, 0.5) is 5.69 Å². The molecular weight excluding hydrogens is 382 g/mol. The van der Waals surface area contributed by atoms with E-state index in [0.717, 1.165) is 19.3 Å². The number of carbonyl (C=O) groups excluding carboxylic acids is 3. The molecule has 0 aliphatic rings. The predicted molar refractivity (Wildman–Crippen MR) is 113 cm³/mol. The number of furan rings is 1. The summed E-state index contributed by atoms with van der Waals surface area (Å²) in [6.45, 7) is 1.81. The van der Waals surface area contributed by atoms with Gasteiger partial charge in [-0.05, 0) is 54.8 Å².